The standard InChI is InChI=1S/C15H22N4O3/c20-15(19-6-10-22-11-7-19)17-12-13-2-1-3-16-14(13)18-4-8-21-9-5-18/h1-3H,4-12H2,(H,17,20). The highest BCUT2D eigenvalue weighted by Gasteiger charge is 2.19. The molecule has 0 spiro atoms. The summed E-state index contributed by atoms with van der Waals surface area (Å²) in [6.07, 6.45) is 1.79. The molecule has 2 aliphatic rings. The van der Waals surface area contributed by atoms with Crippen molar-refractivity contribution in [2.45, 2.75) is 6.54 Å². The highest BCUT2D eigenvalue weighted by Crippen LogP contribution is 2.18. The Labute approximate surface area is 130 Å². The van der Waals surface area contributed by atoms with Crippen molar-refractivity contribution in [3.05, 3.63) is 23.9 Å². The van der Waals surface area contributed by atoms with Gasteiger partial charge in [0.15, 0.2) is 0 Å². The second-order valence-corrected chi connectivity index (χ2v) is 5.34. The minimum atomic E-state index is -0.0416. The molecule has 1 aromatic rings. The van der Waals surface area contributed by atoms with E-state index in [1.165, 1.54) is 0 Å². The lowest BCUT2D eigenvalue weighted by Crippen LogP contribution is -2.46. The largest absolute Gasteiger partial charge is 0.378 e. The first kappa shape index (κ1) is 15.1. The van der Waals surface area contributed by atoms with E-state index in [4.69, 9.17) is 9.47 Å². The van der Waals surface area contributed by atoms with Crippen molar-refractivity contribution in [1.29, 1.82) is 0 Å². The molecule has 0 atom stereocenters. The SMILES string of the molecule is O=C(NCc1cccnc1N1CCOCC1)N1CCOCC1. The Bertz CT molecular complexity index is 499. The molecule has 22 heavy (non-hydrogen) atoms. The average Bonchev–Trinajstić information content (AvgIpc) is 2.61. The number of hydrogen-bond donors (Lipinski definition) is 1. The van der Waals surface area contributed by atoms with Crippen molar-refractivity contribution >= 4 is 11.8 Å². The number of carbonyl (C=O) groups excluding carboxylic acids is 1. The van der Waals surface area contributed by atoms with E-state index in [9.17, 15) is 4.79 Å². The van der Waals surface area contributed by atoms with Crippen LogP contribution in [0, 0.1) is 0 Å². The first-order valence-corrected chi connectivity index (χ1v) is 7.72. The van der Waals surface area contributed by atoms with E-state index in [0.717, 1.165) is 37.7 Å². The molecule has 1 N–H and O–H groups in total. The number of nitrogens with zero attached hydrogens (tertiary/aromatic N) is 3. The predicted molar refractivity (Wildman–Crippen MR) is 81.9 cm³/mol. The molecule has 7 heteroatoms. The van der Waals surface area contributed by atoms with Gasteiger partial charge in [-0.1, -0.05) is 6.07 Å². The molecular formula is C15H22N4O3. The third-order valence-electron chi connectivity index (χ3n) is 3.91. The van der Waals surface area contributed by atoms with E-state index in [1.807, 2.05) is 12.1 Å². The van der Waals surface area contributed by atoms with Crippen molar-refractivity contribution in [3.63, 3.8) is 0 Å². The van der Waals surface area contributed by atoms with Crippen LogP contribution in [0.25, 0.3) is 0 Å². The van der Waals surface area contributed by atoms with Gasteiger partial charge in [0.05, 0.1) is 26.4 Å². The Morgan fingerprint density at radius 2 is 1.82 bits per heavy atom. The smallest absolute Gasteiger partial charge is 0.317 e. The van der Waals surface area contributed by atoms with Crippen LogP contribution in [0.15, 0.2) is 18.3 Å². The molecule has 2 fully saturated rings. The maximum absolute atomic E-state index is 12.2. The Hall–Kier alpha value is -1.86. The lowest BCUT2D eigenvalue weighted by atomic mass is 10.2. The number of hydrogen-bond acceptors (Lipinski definition) is 5. The van der Waals surface area contributed by atoms with Gasteiger partial charge < -0.3 is 24.6 Å². The number of urea groups is 1. The lowest BCUT2D eigenvalue weighted by molar-refractivity contribution is 0.0531. The molecular weight excluding hydrogens is 284 g/mol. The van der Waals surface area contributed by atoms with E-state index in [2.05, 4.69) is 15.2 Å². The summed E-state index contributed by atoms with van der Waals surface area (Å²) in [5.74, 6) is 0.938. The molecule has 2 saturated heterocycles. The van der Waals surface area contributed by atoms with Crippen LogP contribution in [-0.4, -0.2) is 68.5 Å². The molecule has 0 bridgehead atoms. The quantitative estimate of drug-likeness (QED) is 0.879. The summed E-state index contributed by atoms with van der Waals surface area (Å²) in [4.78, 5) is 20.6. The average molecular weight is 306 g/mol. The second kappa shape index (κ2) is 7.42. The number of ether oxygens (including phenoxy) is 2. The van der Waals surface area contributed by atoms with Gasteiger partial charge in [-0.2, -0.15) is 0 Å². The monoisotopic (exact) mass is 306 g/mol. The highest BCUT2D eigenvalue weighted by atomic mass is 16.5. The molecule has 0 aromatic carbocycles. The summed E-state index contributed by atoms with van der Waals surface area (Å²) in [7, 11) is 0. The zero-order valence-electron chi connectivity index (χ0n) is 12.7. The Kier molecular flexibility index (Phi) is 5.07. The van der Waals surface area contributed by atoms with Crippen molar-refractivity contribution in [2.24, 2.45) is 0 Å². The van der Waals surface area contributed by atoms with Gasteiger partial charge in [0.25, 0.3) is 0 Å². The maximum atomic E-state index is 12.2. The fraction of sp³-hybridized carbons (Fsp3) is 0.600. The van der Waals surface area contributed by atoms with Crippen molar-refractivity contribution < 1.29 is 14.3 Å². The van der Waals surface area contributed by atoms with Crippen LogP contribution in [0.5, 0.6) is 0 Å². The number of carbonyl (C=O) groups is 1. The molecule has 2 aliphatic heterocycles. The van der Waals surface area contributed by atoms with Crippen molar-refractivity contribution in [1.82, 2.24) is 15.2 Å². The van der Waals surface area contributed by atoms with Crippen molar-refractivity contribution in [2.75, 3.05) is 57.5 Å². The predicted octanol–water partition coefficient (Wildman–Crippen LogP) is 0.460. The number of nitrogens with one attached hydrogen (secondary N) is 1. The van der Waals surface area contributed by atoms with Crippen LogP contribution in [0.2, 0.25) is 0 Å². The maximum Gasteiger partial charge on any atom is 0.317 e. The molecule has 2 amide bonds. The van der Waals surface area contributed by atoms with Gasteiger partial charge in [-0.15, -0.1) is 0 Å². The summed E-state index contributed by atoms with van der Waals surface area (Å²) in [6, 6.07) is 3.87. The van der Waals surface area contributed by atoms with E-state index in [-0.39, 0.29) is 6.03 Å². The van der Waals surface area contributed by atoms with Crippen LogP contribution in [-0.2, 0) is 16.0 Å². The van der Waals surface area contributed by atoms with Gasteiger partial charge in [0, 0.05) is 44.5 Å². The van der Waals surface area contributed by atoms with Crippen LogP contribution in [0.4, 0.5) is 10.6 Å². The van der Waals surface area contributed by atoms with Crippen LogP contribution in [0.3, 0.4) is 0 Å². The molecule has 3 heterocycles. The van der Waals surface area contributed by atoms with E-state index in [0.29, 0.717) is 32.8 Å². The molecule has 0 aliphatic carbocycles. The fourth-order valence-electron chi connectivity index (χ4n) is 2.68. The third-order valence-corrected chi connectivity index (χ3v) is 3.91. The lowest BCUT2D eigenvalue weighted by Gasteiger charge is -2.30. The highest BCUT2D eigenvalue weighted by molar-refractivity contribution is 5.74. The number of rotatable bonds is 3. The summed E-state index contributed by atoms with van der Waals surface area (Å²) in [5, 5.41) is 2.98. The first-order chi connectivity index (χ1) is 10.8. The van der Waals surface area contributed by atoms with Gasteiger partial charge in [-0.05, 0) is 6.07 Å². The minimum Gasteiger partial charge on any atom is -0.378 e. The summed E-state index contributed by atoms with van der Waals surface area (Å²) in [6.45, 7) is 6.11. The number of anilines is 1. The van der Waals surface area contributed by atoms with E-state index in [1.54, 1.807) is 11.1 Å². The van der Waals surface area contributed by atoms with Gasteiger partial charge in [-0.25, -0.2) is 9.78 Å². The normalized spacial score (nSPS) is 19.1. The number of aromatic nitrogens is 1. The van der Waals surface area contributed by atoms with Crippen LogP contribution >= 0.6 is 0 Å². The van der Waals surface area contributed by atoms with Crippen LogP contribution in [0.1, 0.15) is 5.56 Å². The molecule has 7 nitrogen and oxygen atoms in total. The van der Waals surface area contributed by atoms with Gasteiger partial charge in [0.2, 0.25) is 0 Å². The number of morpholine rings is 2. The summed E-state index contributed by atoms with van der Waals surface area (Å²) in [5.41, 5.74) is 1.03. The van der Waals surface area contributed by atoms with Crippen molar-refractivity contribution in [3.8, 4) is 0 Å². The first-order valence-electron chi connectivity index (χ1n) is 7.72. The van der Waals surface area contributed by atoms with E-state index >= 15 is 0 Å². The Morgan fingerprint density at radius 3 is 2.55 bits per heavy atom. The summed E-state index contributed by atoms with van der Waals surface area (Å²) >= 11 is 0. The molecule has 1 aromatic heterocycles. The molecule has 0 saturated carbocycles. The minimum absolute atomic E-state index is 0.0416. The zero-order chi connectivity index (χ0) is 15.2. The molecule has 0 unspecified atom stereocenters. The fourth-order valence-corrected chi connectivity index (χ4v) is 2.68. The van der Waals surface area contributed by atoms with Gasteiger partial charge in [0.1, 0.15) is 5.82 Å². The Balaban J connectivity index is 1.60. The number of pyridine rings is 1. The topological polar surface area (TPSA) is 66.9 Å². The van der Waals surface area contributed by atoms with Gasteiger partial charge >= 0.3 is 6.03 Å². The Morgan fingerprint density at radius 1 is 1.14 bits per heavy atom. The number of amides is 2. The molecule has 3 rings (SSSR count). The summed E-state index contributed by atoms with van der Waals surface area (Å²) < 4.78 is 10.6. The third kappa shape index (κ3) is 3.66. The van der Waals surface area contributed by atoms with Gasteiger partial charge in [-0.3, -0.25) is 0 Å². The molecule has 120 valence electrons. The zero-order valence-corrected chi connectivity index (χ0v) is 12.7. The molecule has 0 radical (unpaired) electrons. The second-order valence-electron chi connectivity index (χ2n) is 5.34. The van der Waals surface area contributed by atoms with Crippen LogP contribution < -0.4 is 10.2 Å². The van der Waals surface area contributed by atoms with E-state index < -0.39 is 0 Å².